The van der Waals surface area contributed by atoms with E-state index in [4.69, 9.17) is 15.0 Å². The predicted octanol–water partition coefficient (Wildman–Crippen LogP) is 1.49. The van der Waals surface area contributed by atoms with Crippen molar-refractivity contribution in [2.45, 2.75) is 25.9 Å². The normalized spacial score (nSPS) is 12.6. The van der Waals surface area contributed by atoms with E-state index in [9.17, 15) is 0 Å². The van der Waals surface area contributed by atoms with Crippen LogP contribution in [0.4, 0.5) is 0 Å². The molecule has 1 unspecified atom stereocenters. The van der Waals surface area contributed by atoms with E-state index in [0.29, 0.717) is 31.1 Å². The van der Waals surface area contributed by atoms with Gasteiger partial charge in [0.15, 0.2) is 5.82 Å². The van der Waals surface area contributed by atoms with Gasteiger partial charge in [0.2, 0.25) is 5.89 Å². The van der Waals surface area contributed by atoms with E-state index in [-0.39, 0.29) is 6.10 Å². The van der Waals surface area contributed by atoms with Gasteiger partial charge in [0.1, 0.15) is 0 Å². The number of hydrogen-bond acceptors (Lipinski definition) is 5. The predicted molar refractivity (Wildman–Crippen MR) is 71.8 cm³/mol. The molecule has 1 aromatic carbocycles. The second-order valence-electron chi connectivity index (χ2n) is 4.56. The Labute approximate surface area is 112 Å². The van der Waals surface area contributed by atoms with Gasteiger partial charge in [-0.25, -0.2) is 0 Å². The van der Waals surface area contributed by atoms with Crippen LogP contribution in [0.25, 0.3) is 0 Å². The molecule has 0 amide bonds. The lowest BCUT2D eigenvalue weighted by atomic mass is 10.1. The van der Waals surface area contributed by atoms with Gasteiger partial charge in [0, 0.05) is 20.1 Å². The highest BCUT2D eigenvalue weighted by atomic mass is 16.5. The molecule has 2 aromatic rings. The number of nitrogens with zero attached hydrogens (tertiary/aromatic N) is 2. The maximum absolute atomic E-state index is 5.56. The van der Waals surface area contributed by atoms with Gasteiger partial charge in [0.05, 0.1) is 12.5 Å². The Morgan fingerprint density at radius 1 is 1.32 bits per heavy atom. The summed E-state index contributed by atoms with van der Waals surface area (Å²) >= 11 is 0. The van der Waals surface area contributed by atoms with E-state index >= 15 is 0 Å². The highest BCUT2D eigenvalue weighted by Crippen LogP contribution is 2.09. The number of nitrogens with two attached hydrogens (primary N) is 1. The second kappa shape index (κ2) is 6.45. The molecule has 1 aromatic heterocycles. The monoisotopic (exact) mass is 261 g/mol. The molecule has 0 radical (unpaired) electrons. The number of aryl methyl sites for hydroxylation is 1. The first kappa shape index (κ1) is 13.7. The van der Waals surface area contributed by atoms with Crippen molar-refractivity contribution < 1.29 is 9.26 Å². The molecule has 1 atom stereocenters. The van der Waals surface area contributed by atoms with Crippen molar-refractivity contribution >= 4 is 0 Å². The largest absolute Gasteiger partial charge is 0.380 e. The minimum atomic E-state index is -0.0762. The Morgan fingerprint density at radius 3 is 2.68 bits per heavy atom. The molecule has 0 bridgehead atoms. The lowest BCUT2D eigenvalue weighted by Gasteiger charge is -2.08. The van der Waals surface area contributed by atoms with Gasteiger partial charge < -0.3 is 15.0 Å². The van der Waals surface area contributed by atoms with Crippen molar-refractivity contribution in [2.75, 3.05) is 13.7 Å². The number of benzene rings is 1. The molecule has 0 saturated carbocycles. The van der Waals surface area contributed by atoms with Crippen LogP contribution in [0.1, 0.15) is 22.8 Å². The van der Waals surface area contributed by atoms with Gasteiger partial charge in [0.25, 0.3) is 0 Å². The first-order valence-corrected chi connectivity index (χ1v) is 6.31. The zero-order valence-corrected chi connectivity index (χ0v) is 11.3. The van der Waals surface area contributed by atoms with Crippen molar-refractivity contribution in [2.24, 2.45) is 5.73 Å². The summed E-state index contributed by atoms with van der Waals surface area (Å²) in [6, 6.07) is 8.30. The van der Waals surface area contributed by atoms with Crippen molar-refractivity contribution in [3.8, 4) is 0 Å². The van der Waals surface area contributed by atoms with Crippen molar-refractivity contribution in [3.05, 3.63) is 47.1 Å². The van der Waals surface area contributed by atoms with Gasteiger partial charge in [-0.3, -0.25) is 0 Å². The lowest BCUT2D eigenvalue weighted by Crippen LogP contribution is -2.24. The smallest absolute Gasteiger partial charge is 0.229 e. The zero-order valence-electron chi connectivity index (χ0n) is 11.3. The Balaban J connectivity index is 1.99. The van der Waals surface area contributed by atoms with Crippen LogP contribution in [0.5, 0.6) is 0 Å². The van der Waals surface area contributed by atoms with Gasteiger partial charge in [-0.1, -0.05) is 35.0 Å². The molecule has 5 heteroatoms. The molecule has 2 N–H and O–H groups in total. The average molecular weight is 261 g/mol. The van der Waals surface area contributed by atoms with Gasteiger partial charge in [-0.15, -0.1) is 0 Å². The molecule has 5 nitrogen and oxygen atoms in total. The van der Waals surface area contributed by atoms with Crippen molar-refractivity contribution in [3.63, 3.8) is 0 Å². The fourth-order valence-electron chi connectivity index (χ4n) is 1.79. The van der Waals surface area contributed by atoms with Crippen LogP contribution in [0.2, 0.25) is 0 Å². The molecule has 0 aliphatic carbocycles. The maximum Gasteiger partial charge on any atom is 0.229 e. The number of hydrogen-bond donors (Lipinski definition) is 1. The van der Waals surface area contributed by atoms with Gasteiger partial charge >= 0.3 is 0 Å². The Bertz CT molecular complexity index is 504. The van der Waals surface area contributed by atoms with E-state index in [1.165, 1.54) is 11.1 Å². The van der Waals surface area contributed by atoms with Crippen LogP contribution in [-0.4, -0.2) is 29.9 Å². The van der Waals surface area contributed by atoms with Crippen LogP contribution < -0.4 is 5.73 Å². The highest BCUT2D eigenvalue weighted by Gasteiger charge is 2.13. The maximum atomic E-state index is 5.56. The van der Waals surface area contributed by atoms with Crippen molar-refractivity contribution in [1.29, 1.82) is 0 Å². The first-order chi connectivity index (χ1) is 9.21. The molecular formula is C14H19N3O2. The Kier molecular flexibility index (Phi) is 4.65. The standard InChI is InChI=1S/C14H19N3O2/c1-10-3-5-11(6-4-10)7-13-16-14(19-17-13)8-12(9-15)18-2/h3-6,12H,7-9,15H2,1-2H3. The van der Waals surface area contributed by atoms with E-state index in [1.54, 1.807) is 7.11 Å². The molecule has 102 valence electrons. The topological polar surface area (TPSA) is 74.2 Å². The summed E-state index contributed by atoms with van der Waals surface area (Å²) < 4.78 is 10.4. The summed E-state index contributed by atoms with van der Waals surface area (Å²) in [5.74, 6) is 1.25. The molecular weight excluding hydrogens is 242 g/mol. The Morgan fingerprint density at radius 2 is 2.05 bits per heavy atom. The second-order valence-corrected chi connectivity index (χ2v) is 4.56. The average Bonchev–Trinajstić information content (AvgIpc) is 2.86. The molecule has 0 fully saturated rings. The summed E-state index contributed by atoms with van der Waals surface area (Å²) in [6.45, 7) is 2.50. The number of rotatable bonds is 6. The third-order valence-electron chi connectivity index (χ3n) is 2.99. The van der Waals surface area contributed by atoms with E-state index < -0.39 is 0 Å². The van der Waals surface area contributed by atoms with Crippen molar-refractivity contribution in [1.82, 2.24) is 10.1 Å². The molecule has 0 saturated heterocycles. The van der Waals surface area contributed by atoms with Gasteiger partial charge in [-0.05, 0) is 12.5 Å². The Hall–Kier alpha value is -1.72. The number of ether oxygens (including phenoxy) is 1. The summed E-state index contributed by atoms with van der Waals surface area (Å²) in [5.41, 5.74) is 7.97. The fourth-order valence-corrected chi connectivity index (χ4v) is 1.79. The zero-order chi connectivity index (χ0) is 13.7. The lowest BCUT2D eigenvalue weighted by molar-refractivity contribution is 0.102. The fraction of sp³-hybridized carbons (Fsp3) is 0.429. The number of methoxy groups -OCH3 is 1. The molecule has 0 spiro atoms. The quantitative estimate of drug-likeness (QED) is 0.852. The van der Waals surface area contributed by atoms with E-state index in [2.05, 4.69) is 41.3 Å². The summed E-state index contributed by atoms with van der Waals surface area (Å²) in [6.07, 6.45) is 1.14. The molecule has 0 aliphatic rings. The summed E-state index contributed by atoms with van der Waals surface area (Å²) in [5, 5.41) is 3.97. The minimum absolute atomic E-state index is 0.0762. The van der Waals surface area contributed by atoms with Crippen LogP contribution in [0.3, 0.4) is 0 Å². The first-order valence-electron chi connectivity index (χ1n) is 6.31. The van der Waals surface area contributed by atoms with Crippen LogP contribution in [-0.2, 0) is 17.6 Å². The third kappa shape index (κ3) is 3.87. The molecule has 19 heavy (non-hydrogen) atoms. The van der Waals surface area contributed by atoms with Gasteiger partial charge in [-0.2, -0.15) is 4.98 Å². The SMILES string of the molecule is COC(CN)Cc1nc(Cc2ccc(C)cc2)no1. The molecule has 2 rings (SSSR count). The molecule has 1 heterocycles. The van der Waals surface area contributed by atoms with E-state index in [0.717, 1.165) is 0 Å². The summed E-state index contributed by atoms with van der Waals surface area (Å²) in [4.78, 5) is 4.35. The molecule has 0 aliphatic heterocycles. The summed E-state index contributed by atoms with van der Waals surface area (Å²) in [7, 11) is 1.63. The van der Waals surface area contributed by atoms with E-state index in [1.807, 2.05) is 0 Å². The van der Waals surface area contributed by atoms with Crippen LogP contribution in [0.15, 0.2) is 28.8 Å². The minimum Gasteiger partial charge on any atom is -0.380 e. The number of aromatic nitrogens is 2. The third-order valence-corrected chi connectivity index (χ3v) is 2.99. The van der Waals surface area contributed by atoms with Crippen LogP contribution in [0, 0.1) is 6.92 Å². The van der Waals surface area contributed by atoms with Crippen LogP contribution >= 0.6 is 0 Å². The highest BCUT2D eigenvalue weighted by molar-refractivity contribution is 5.23.